The molecule has 0 radical (unpaired) electrons. The smallest absolute Gasteiger partial charge is 0.251 e. The van der Waals surface area contributed by atoms with Crippen LogP contribution in [0.3, 0.4) is 0 Å². The van der Waals surface area contributed by atoms with E-state index in [0.717, 1.165) is 33.6 Å². The molecule has 1 aliphatic rings. The first-order valence-corrected chi connectivity index (χ1v) is 11.5. The summed E-state index contributed by atoms with van der Waals surface area (Å²) in [7, 11) is 1.87. The molecule has 10 nitrogen and oxygen atoms in total. The highest BCUT2D eigenvalue weighted by molar-refractivity contribution is 5.87. The number of nitrogens with one attached hydrogen (secondary N) is 1. The van der Waals surface area contributed by atoms with Gasteiger partial charge < -0.3 is 15.0 Å². The molecule has 178 valence electrons. The van der Waals surface area contributed by atoms with Crippen LogP contribution < -0.4 is 10.2 Å². The number of aryl methyl sites for hydroxylation is 1. The van der Waals surface area contributed by atoms with Gasteiger partial charge in [-0.3, -0.25) is 9.48 Å². The number of carbonyl (C=O) groups excluding carboxylic acids is 1. The van der Waals surface area contributed by atoms with Gasteiger partial charge in [0.25, 0.3) is 5.91 Å². The Labute approximate surface area is 202 Å². The number of amides is 1. The molecule has 0 saturated carbocycles. The zero-order valence-electron chi connectivity index (χ0n) is 19.8. The Balaban J connectivity index is 1.47. The summed E-state index contributed by atoms with van der Waals surface area (Å²) in [6.07, 6.45) is 8.47. The van der Waals surface area contributed by atoms with Crippen molar-refractivity contribution in [3.8, 4) is 28.3 Å². The summed E-state index contributed by atoms with van der Waals surface area (Å²) < 4.78 is 9.15. The van der Waals surface area contributed by atoms with Crippen molar-refractivity contribution in [2.45, 2.75) is 26.0 Å². The minimum absolute atomic E-state index is 0.0556. The largest absolute Gasteiger partial charge is 0.365 e. The Bertz CT molecular complexity index is 1410. The van der Waals surface area contributed by atoms with Crippen molar-refractivity contribution in [3.05, 3.63) is 54.7 Å². The first-order valence-electron chi connectivity index (χ1n) is 11.5. The molecule has 4 aromatic heterocycles. The number of hydrogen-bond acceptors (Lipinski definition) is 7. The van der Waals surface area contributed by atoms with Gasteiger partial charge in [-0.05, 0) is 32.0 Å². The molecule has 0 aliphatic carbocycles. The molecule has 1 saturated heterocycles. The predicted molar refractivity (Wildman–Crippen MR) is 131 cm³/mol. The number of rotatable bonds is 5. The summed E-state index contributed by atoms with van der Waals surface area (Å²) in [5.41, 5.74) is 4.83. The average molecular weight is 471 g/mol. The predicted octanol–water partition coefficient (Wildman–Crippen LogP) is 2.40. The maximum Gasteiger partial charge on any atom is 0.251 e. The number of nitrogens with zero attached hydrogens (tertiary/aromatic N) is 7. The van der Waals surface area contributed by atoms with Crippen molar-refractivity contribution in [3.63, 3.8) is 0 Å². The molecule has 0 spiro atoms. The van der Waals surface area contributed by atoms with E-state index >= 15 is 0 Å². The first-order chi connectivity index (χ1) is 16.9. The summed E-state index contributed by atoms with van der Waals surface area (Å²) in [6.45, 7) is 5.40. The molecule has 1 N–H and O–H groups in total. The van der Waals surface area contributed by atoms with Gasteiger partial charge in [0, 0.05) is 60.5 Å². The van der Waals surface area contributed by atoms with Crippen LogP contribution in [0, 0.1) is 11.3 Å². The van der Waals surface area contributed by atoms with Gasteiger partial charge in [-0.15, -0.1) is 0 Å². The maximum absolute atomic E-state index is 12.4. The van der Waals surface area contributed by atoms with Crippen molar-refractivity contribution < 1.29 is 9.53 Å². The van der Waals surface area contributed by atoms with E-state index in [2.05, 4.69) is 26.5 Å². The van der Waals surface area contributed by atoms with Gasteiger partial charge >= 0.3 is 0 Å². The number of anilines is 1. The molecule has 1 fully saturated rings. The lowest BCUT2D eigenvalue weighted by molar-refractivity contribution is -0.133. The lowest BCUT2D eigenvalue weighted by Crippen LogP contribution is -2.51. The average Bonchev–Trinajstić information content (AvgIpc) is 3.49. The third kappa shape index (κ3) is 4.46. The molecule has 0 aromatic carbocycles. The topological polar surface area (TPSA) is 113 Å². The van der Waals surface area contributed by atoms with Crippen LogP contribution in [-0.2, 0) is 16.6 Å². The highest BCUT2D eigenvalue weighted by Gasteiger charge is 2.27. The van der Waals surface area contributed by atoms with Crippen molar-refractivity contribution in [1.29, 1.82) is 5.26 Å². The Kier molecular flexibility index (Phi) is 5.93. The number of aromatic nitrogens is 5. The number of morpholine rings is 1. The van der Waals surface area contributed by atoms with E-state index in [9.17, 15) is 10.1 Å². The normalized spacial score (nSPS) is 16.0. The van der Waals surface area contributed by atoms with Crippen LogP contribution in [0.1, 0.15) is 19.4 Å². The number of carbonyl (C=O) groups is 1. The van der Waals surface area contributed by atoms with Crippen LogP contribution in [-0.4, -0.2) is 62.1 Å². The van der Waals surface area contributed by atoms with Gasteiger partial charge in [0.2, 0.25) is 0 Å². The minimum Gasteiger partial charge on any atom is -0.365 e. The second-order valence-electron chi connectivity index (χ2n) is 8.88. The lowest BCUT2D eigenvalue weighted by atomic mass is 10.0. The van der Waals surface area contributed by atoms with Crippen molar-refractivity contribution >= 4 is 17.2 Å². The number of ether oxygens (including phenoxy) is 1. The maximum atomic E-state index is 12.4. The molecular weight excluding hydrogens is 444 g/mol. The zero-order valence-corrected chi connectivity index (χ0v) is 19.8. The van der Waals surface area contributed by atoms with E-state index in [1.807, 2.05) is 51.5 Å². The fraction of sp³-hybridized carbons (Fsp3) is 0.320. The van der Waals surface area contributed by atoms with Gasteiger partial charge in [0.1, 0.15) is 11.9 Å². The fourth-order valence-corrected chi connectivity index (χ4v) is 4.28. The van der Waals surface area contributed by atoms with Crippen LogP contribution >= 0.6 is 0 Å². The van der Waals surface area contributed by atoms with E-state index in [1.165, 1.54) is 0 Å². The summed E-state index contributed by atoms with van der Waals surface area (Å²) in [5.74, 6) is 0.661. The van der Waals surface area contributed by atoms with Crippen molar-refractivity contribution in [2.75, 3.05) is 24.6 Å². The second kappa shape index (κ2) is 9.19. The van der Waals surface area contributed by atoms with Crippen LogP contribution in [0.2, 0.25) is 0 Å². The van der Waals surface area contributed by atoms with E-state index in [-0.39, 0.29) is 11.9 Å². The van der Waals surface area contributed by atoms with Gasteiger partial charge in [-0.2, -0.15) is 15.5 Å². The molecule has 10 heteroatoms. The molecule has 0 bridgehead atoms. The Hall–Kier alpha value is -4.23. The molecule has 1 aliphatic heterocycles. The summed E-state index contributed by atoms with van der Waals surface area (Å²) in [5, 5.41) is 21.2. The summed E-state index contributed by atoms with van der Waals surface area (Å²) in [6, 6.07) is 8.25. The van der Waals surface area contributed by atoms with Gasteiger partial charge in [-0.25, -0.2) is 9.50 Å². The molecule has 5 heterocycles. The molecule has 5 rings (SSSR count). The van der Waals surface area contributed by atoms with E-state index < -0.39 is 6.10 Å². The summed E-state index contributed by atoms with van der Waals surface area (Å²) >= 11 is 0. The standard InChI is InChI=1S/C25H26N8O2/c1-16(2)30-25(34)22-15-32(6-7-35-22)23-5-4-17(10-27-23)21-8-18(20-12-28-31(3)13-20)14-33-24(21)19(9-26)11-29-33/h4-5,8,10-14,16,22H,6-7,15H2,1-3H3,(H,30,34)/t22-/m1/s1. The highest BCUT2D eigenvalue weighted by atomic mass is 16.5. The SMILES string of the molecule is CC(C)NC(=O)[C@H]1CN(c2ccc(-c3cc(-c4cnn(C)c4)cn4ncc(C#N)c34)cn2)CCO1. The minimum atomic E-state index is -0.534. The molecule has 1 amide bonds. The third-order valence-corrected chi connectivity index (χ3v) is 5.94. The van der Waals surface area contributed by atoms with E-state index in [0.29, 0.717) is 25.3 Å². The fourth-order valence-electron chi connectivity index (χ4n) is 4.28. The molecule has 0 unspecified atom stereocenters. The monoisotopic (exact) mass is 470 g/mol. The van der Waals surface area contributed by atoms with Crippen molar-refractivity contribution in [1.82, 2.24) is 29.7 Å². The van der Waals surface area contributed by atoms with E-state index in [4.69, 9.17) is 9.72 Å². The molecule has 35 heavy (non-hydrogen) atoms. The molecular formula is C25H26N8O2. The summed E-state index contributed by atoms with van der Waals surface area (Å²) in [4.78, 5) is 19.2. The van der Waals surface area contributed by atoms with E-state index in [1.54, 1.807) is 27.8 Å². The first kappa shape index (κ1) is 22.6. The van der Waals surface area contributed by atoms with Gasteiger partial charge in [-0.1, -0.05) is 0 Å². The van der Waals surface area contributed by atoms with Crippen LogP contribution in [0.4, 0.5) is 5.82 Å². The van der Waals surface area contributed by atoms with Crippen LogP contribution in [0.5, 0.6) is 0 Å². The number of fused-ring (bicyclic) bond motifs is 1. The van der Waals surface area contributed by atoms with Gasteiger partial charge in [0.05, 0.1) is 36.6 Å². The van der Waals surface area contributed by atoms with Gasteiger partial charge in [0.15, 0.2) is 6.10 Å². The third-order valence-electron chi connectivity index (χ3n) is 5.94. The zero-order chi connectivity index (χ0) is 24.5. The Morgan fingerprint density at radius 3 is 2.71 bits per heavy atom. The Morgan fingerprint density at radius 1 is 1.17 bits per heavy atom. The quantitative estimate of drug-likeness (QED) is 0.476. The molecule has 1 atom stereocenters. The number of pyridine rings is 2. The number of nitriles is 1. The van der Waals surface area contributed by atoms with Crippen LogP contribution in [0.25, 0.3) is 27.8 Å². The molecule has 4 aromatic rings. The Morgan fingerprint density at radius 2 is 2.03 bits per heavy atom. The van der Waals surface area contributed by atoms with Crippen molar-refractivity contribution in [2.24, 2.45) is 7.05 Å². The van der Waals surface area contributed by atoms with Crippen LogP contribution in [0.15, 0.2) is 49.2 Å². The number of hydrogen-bond donors (Lipinski definition) is 1. The lowest BCUT2D eigenvalue weighted by Gasteiger charge is -2.33. The highest BCUT2D eigenvalue weighted by Crippen LogP contribution is 2.32. The second-order valence-corrected chi connectivity index (χ2v) is 8.88.